The van der Waals surface area contributed by atoms with E-state index >= 15 is 0 Å². The molecule has 1 atom stereocenters. The van der Waals surface area contributed by atoms with E-state index in [1.54, 1.807) is 30.3 Å². The molecule has 5 heteroatoms. The number of hydrogen-bond acceptors (Lipinski definition) is 3. The first-order valence-corrected chi connectivity index (χ1v) is 6.50. The van der Waals surface area contributed by atoms with Crippen LogP contribution in [0, 0.1) is 0 Å². The summed E-state index contributed by atoms with van der Waals surface area (Å²) in [7, 11) is 0. The van der Waals surface area contributed by atoms with Crippen LogP contribution < -0.4 is 11.1 Å². The summed E-state index contributed by atoms with van der Waals surface area (Å²) in [4.78, 5) is 12.1. The van der Waals surface area contributed by atoms with Crippen LogP contribution in [-0.2, 0) is 11.4 Å². The van der Waals surface area contributed by atoms with Crippen molar-refractivity contribution in [2.45, 2.75) is 12.6 Å². The second kappa shape index (κ2) is 6.52. The molecule has 2 aromatic carbocycles. The molecule has 0 fully saturated rings. The predicted molar refractivity (Wildman–Crippen MR) is 79.4 cm³/mol. The molecule has 0 bridgehead atoms. The van der Waals surface area contributed by atoms with Crippen molar-refractivity contribution in [1.29, 1.82) is 0 Å². The molecular weight excluding hydrogens is 276 g/mol. The van der Waals surface area contributed by atoms with Gasteiger partial charge in [-0.1, -0.05) is 41.9 Å². The molecular formula is C15H15ClN2O2. The molecule has 104 valence electrons. The molecule has 0 unspecified atom stereocenters. The van der Waals surface area contributed by atoms with Crippen molar-refractivity contribution in [2.24, 2.45) is 5.73 Å². The summed E-state index contributed by atoms with van der Waals surface area (Å²) < 4.78 is 0. The molecule has 1 amide bonds. The third-order valence-corrected chi connectivity index (χ3v) is 3.17. The largest absolute Gasteiger partial charge is 0.392 e. The van der Waals surface area contributed by atoms with Crippen molar-refractivity contribution in [3.63, 3.8) is 0 Å². The van der Waals surface area contributed by atoms with E-state index in [2.05, 4.69) is 5.32 Å². The number of carbonyl (C=O) groups is 1. The number of aliphatic hydroxyl groups is 1. The number of anilines is 1. The van der Waals surface area contributed by atoms with E-state index in [1.165, 1.54) is 0 Å². The van der Waals surface area contributed by atoms with E-state index in [0.29, 0.717) is 16.3 Å². The molecule has 0 spiro atoms. The van der Waals surface area contributed by atoms with Gasteiger partial charge in [-0.05, 0) is 23.8 Å². The molecule has 2 rings (SSSR count). The van der Waals surface area contributed by atoms with Gasteiger partial charge in [0.05, 0.1) is 6.61 Å². The van der Waals surface area contributed by atoms with Crippen molar-refractivity contribution >= 4 is 23.2 Å². The fraction of sp³-hybridized carbons (Fsp3) is 0.133. The number of benzene rings is 2. The summed E-state index contributed by atoms with van der Waals surface area (Å²) in [5.41, 5.74) is 7.69. The molecule has 0 radical (unpaired) electrons. The zero-order valence-corrected chi connectivity index (χ0v) is 11.5. The fourth-order valence-corrected chi connectivity index (χ4v) is 2.03. The minimum Gasteiger partial charge on any atom is -0.392 e. The Kier molecular flexibility index (Phi) is 4.74. The predicted octanol–water partition coefficient (Wildman–Crippen LogP) is 2.47. The number of nitrogens with one attached hydrogen (secondary N) is 1. The minimum absolute atomic E-state index is 0.212. The summed E-state index contributed by atoms with van der Waals surface area (Å²) in [5.74, 6) is -0.340. The number of halogens is 1. The van der Waals surface area contributed by atoms with Crippen LogP contribution in [0.5, 0.6) is 0 Å². The summed E-state index contributed by atoms with van der Waals surface area (Å²) >= 11 is 5.84. The van der Waals surface area contributed by atoms with Crippen molar-refractivity contribution in [2.75, 3.05) is 5.32 Å². The van der Waals surface area contributed by atoms with Gasteiger partial charge in [0, 0.05) is 16.3 Å². The SMILES string of the molecule is N[C@H](C(=O)Nc1ccc(Cl)cc1CO)c1ccccc1. The quantitative estimate of drug-likeness (QED) is 0.810. The summed E-state index contributed by atoms with van der Waals surface area (Å²) in [6, 6.07) is 13.2. The molecule has 4 N–H and O–H groups in total. The number of rotatable bonds is 4. The van der Waals surface area contributed by atoms with Gasteiger partial charge in [0.25, 0.3) is 0 Å². The summed E-state index contributed by atoms with van der Waals surface area (Å²) in [5, 5.41) is 12.5. The average Bonchev–Trinajstić information content (AvgIpc) is 2.49. The first kappa shape index (κ1) is 14.5. The average molecular weight is 291 g/mol. The maximum absolute atomic E-state index is 12.1. The molecule has 0 saturated carbocycles. The van der Waals surface area contributed by atoms with Crippen molar-refractivity contribution in [1.82, 2.24) is 0 Å². The Morgan fingerprint density at radius 2 is 1.95 bits per heavy atom. The van der Waals surface area contributed by atoms with Gasteiger partial charge in [-0.2, -0.15) is 0 Å². The van der Waals surface area contributed by atoms with Gasteiger partial charge in [0.2, 0.25) is 5.91 Å². The minimum atomic E-state index is -0.765. The Hall–Kier alpha value is -1.88. The van der Waals surface area contributed by atoms with Gasteiger partial charge in [0.15, 0.2) is 0 Å². The van der Waals surface area contributed by atoms with Gasteiger partial charge < -0.3 is 16.2 Å². The zero-order valence-electron chi connectivity index (χ0n) is 10.7. The van der Waals surface area contributed by atoms with Crippen LogP contribution in [0.15, 0.2) is 48.5 Å². The van der Waals surface area contributed by atoms with Gasteiger partial charge in [0.1, 0.15) is 6.04 Å². The highest BCUT2D eigenvalue weighted by molar-refractivity contribution is 6.30. The Morgan fingerprint density at radius 1 is 1.25 bits per heavy atom. The van der Waals surface area contributed by atoms with Crippen LogP contribution in [0.4, 0.5) is 5.69 Å². The molecule has 0 heterocycles. The van der Waals surface area contributed by atoms with E-state index in [9.17, 15) is 9.90 Å². The van der Waals surface area contributed by atoms with Crippen LogP contribution >= 0.6 is 11.6 Å². The number of nitrogens with two attached hydrogens (primary N) is 1. The van der Waals surface area contributed by atoms with Crippen LogP contribution in [0.25, 0.3) is 0 Å². The highest BCUT2D eigenvalue weighted by Gasteiger charge is 2.16. The maximum atomic E-state index is 12.1. The lowest BCUT2D eigenvalue weighted by Gasteiger charge is -2.14. The number of amides is 1. The van der Waals surface area contributed by atoms with E-state index in [-0.39, 0.29) is 12.5 Å². The van der Waals surface area contributed by atoms with Crippen molar-refractivity contribution < 1.29 is 9.90 Å². The first-order valence-electron chi connectivity index (χ1n) is 6.12. The van der Waals surface area contributed by atoms with Crippen LogP contribution in [0.1, 0.15) is 17.2 Å². The number of aliphatic hydroxyl groups excluding tert-OH is 1. The molecule has 20 heavy (non-hydrogen) atoms. The highest BCUT2D eigenvalue weighted by atomic mass is 35.5. The zero-order chi connectivity index (χ0) is 14.5. The van der Waals surface area contributed by atoms with Crippen molar-refractivity contribution in [3.05, 3.63) is 64.7 Å². The third kappa shape index (κ3) is 3.36. The topological polar surface area (TPSA) is 75.4 Å². The van der Waals surface area contributed by atoms with Gasteiger partial charge in [-0.3, -0.25) is 4.79 Å². The number of carbonyl (C=O) groups excluding carboxylic acids is 1. The Labute approximate surface area is 122 Å². The fourth-order valence-electron chi connectivity index (χ4n) is 1.84. The molecule has 0 aliphatic heterocycles. The van der Waals surface area contributed by atoms with Crippen LogP contribution in [0.2, 0.25) is 5.02 Å². The van der Waals surface area contributed by atoms with E-state index in [0.717, 1.165) is 5.56 Å². The highest BCUT2D eigenvalue weighted by Crippen LogP contribution is 2.22. The van der Waals surface area contributed by atoms with Gasteiger partial charge in [-0.15, -0.1) is 0 Å². The molecule has 2 aromatic rings. The molecule has 0 aliphatic carbocycles. The number of hydrogen-bond donors (Lipinski definition) is 3. The normalized spacial score (nSPS) is 11.9. The Balaban J connectivity index is 2.16. The third-order valence-electron chi connectivity index (χ3n) is 2.94. The Morgan fingerprint density at radius 3 is 2.60 bits per heavy atom. The van der Waals surface area contributed by atoms with Gasteiger partial charge in [-0.25, -0.2) is 0 Å². The Bertz CT molecular complexity index is 602. The van der Waals surface area contributed by atoms with Crippen molar-refractivity contribution in [3.8, 4) is 0 Å². The smallest absolute Gasteiger partial charge is 0.245 e. The lowest BCUT2D eigenvalue weighted by Crippen LogP contribution is -2.28. The first-order chi connectivity index (χ1) is 9.61. The van der Waals surface area contributed by atoms with E-state index < -0.39 is 6.04 Å². The molecule has 0 saturated heterocycles. The van der Waals surface area contributed by atoms with Gasteiger partial charge >= 0.3 is 0 Å². The van der Waals surface area contributed by atoms with Crippen LogP contribution in [0.3, 0.4) is 0 Å². The maximum Gasteiger partial charge on any atom is 0.245 e. The summed E-state index contributed by atoms with van der Waals surface area (Å²) in [6.07, 6.45) is 0. The molecule has 4 nitrogen and oxygen atoms in total. The standard InChI is InChI=1S/C15H15ClN2O2/c16-12-6-7-13(11(8-12)9-19)18-15(20)14(17)10-4-2-1-3-5-10/h1-8,14,19H,9,17H2,(H,18,20)/t14-/m0/s1. The molecule has 0 aromatic heterocycles. The lowest BCUT2D eigenvalue weighted by molar-refractivity contribution is -0.117. The lowest BCUT2D eigenvalue weighted by atomic mass is 10.1. The monoisotopic (exact) mass is 290 g/mol. The van der Waals surface area contributed by atoms with Crippen LogP contribution in [-0.4, -0.2) is 11.0 Å². The van der Waals surface area contributed by atoms with E-state index in [4.69, 9.17) is 17.3 Å². The summed E-state index contributed by atoms with van der Waals surface area (Å²) in [6.45, 7) is -0.212. The second-order valence-corrected chi connectivity index (χ2v) is 4.77. The van der Waals surface area contributed by atoms with E-state index in [1.807, 2.05) is 18.2 Å². The molecule has 0 aliphatic rings. The second-order valence-electron chi connectivity index (χ2n) is 4.34.